The lowest BCUT2D eigenvalue weighted by molar-refractivity contribution is -0.154. The van der Waals surface area contributed by atoms with E-state index in [1.807, 2.05) is 0 Å². The lowest BCUT2D eigenvalue weighted by Gasteiger charge is -2.20. The monoisotopic (exact) mass is 664 g/mol. The molecule has 0 aromatic heterocycles. The second kappa shape index (κ2) is 33.1. The predicted molar refractivity (Wildman–Crippen MR) is 182 cm³/mol. The van der Waals surface area contributed by atoms with Gasteiger partial charge in [0.15, 0.2) is 0 Å². The van der Waals surface area contributed by atoms with E-state index in [9.17, 15) is 19.4 Å². The van der Waals surface area contributed by atoms with Crippen LogP contribution in [0.3, 0.4) is 0 Å². The van der Waals surface area contributed by atoms with E-state index in [1.165, 1.54) is 96.3 Å². The summed E-state index contributed by atoms with van der Waals surface area (Å²) in [6.07, 6.45) is 28.9. The van der Waals surface area contributed by atoms with Gasteiger partial charge in [0.25, 0.3) is 0 Å². The fourth-order valence-corrected chi connectivity index (χ4v) is 5.67. The van der Waals surface area contributed by atoms with Gasteiger partial charge in [0, 0.05) is 13.0 Å². The number of phosphoric acid groups is 1. The number of hydrogen-bond donors (Lipinski definition) is 3. The maximum absolute atomic E-state index is 12.4. The van der Waals surface area contributed by atoms with E-state index in [0.717, 1.165) is 44.9 Å². The van der Waals surface area contributed by atoms with Crippen molar-refractivity contribution in [3.63, 3.8) is 0 Å². The molecule has 0 saturated carbocycles. The van der Waals surface area contributed by atoms with Crippen LogP contribution in [0.4, 0.5) is 0 Å². The van der Waals surface area contributed by atoms with E-state index in [2.05, 4.69) is 26.0 Å². The standard InChI is InChI=1S/C35H69O9P/c1-3-5-7-9-11-13-14-15-16-17-18-19-20-22-24-26-28-41-31-34(32-43-45(39,40)42-30-33(37)29-36)44-35(38)27-25-23-21-12-10-8-6-4-2/h15-16,33-34,36-37H,3-14,17-32H2,1-2H3,(H,39,40)/b16-15-. The highest BCUT2D eigenvalue weighted by atomic mass is 31.2. The number of aliphatic hydroxyl groups excluding tert-OH is 2. The van der Waals surface area contributed by atoms with Gasteiger partial charge in [0.05, 0.1) is 26.4 Å². The number of hydrogen-bond acceptors (Lipinski definition) is 8. The predicted octanol–water partition coefficient (Wildman–Crippen LogP) is 8.97. The molecule has 0 aromatic rings. The molecule has 0 radical (unpaired) electrons. The van der Waals surface area contributed by atoms with Crippen LogP contribution >= 0.6 is 7.82 Å². The number of ether oxygens (including phenoxy) is 2. The molecule has 0 aromatic carbocycles. The van der Waals surface area contributed by atoms with Gasteiger partial charge < -0.3 is 24.6 Å². The number of phosphoric ester groups is 1. The SMILES string of the molecule is CCCCCCCC/C=C\CCCCCCCCOCC(COP(=O)(O)OCC(O)CO)OC(=O)CCCCCCCCCC. The van der Waals surface area contributed by atoms with Gasteiger partial charge in [-0.3, -0.25) is 13.8 Å². The molecule has 0 aliphatic carbocycles. The molecule has 0 saturated heterocycles. The molecule has 45 heavy (non-hydrogen) atoms. The van der Waals surface area contributed by atoms with E-state index in [0.29, 0.717) is 6.61 Å². The first-order valence-corrected chi connectivity index (χ1v) is 19.7. The number of allylic oxidation sites excluding steroid dienone is 2. The summed E-state index contributed by atoms with van der Waals surface area (Å²) in [6.45, 7) is 3.46. The van der Waals surface area contributed by atoms with Gasteiger partial charge in [-0.05, 0) is 38.5 Å². The minimum absolute atomic E-state index is 0.0491. The molecule has 0 fully saturated rings. The third-order valence-electron chi connectivity index (χ3n) is 7.70. The molecule has 3 atom stereocenters. The van der Waals surface area contributed by atoms with Crippen LogP contribution in [0.2, 0.25) is 0 Å². The lowest BCUT2D eigenvalue weighted by Crippen LogP contribution is -2.29. The fraction of sp³-hybridized carbons (Fsp3) is 0.914. The van der Waals surface area contributed by atoms with E-state index in [1.54, 1.807) is 0 Å². The second-order valence-corrected chi connectivity index (χ2v) is 13.7. The number of esters is 1. The van der Waals surface area contributed by atoms with E-state index >= 15 is 0 Å². The quantitative estimate of drug-likeness (QED) is 0.0263. The van der Waals surface area contributed by atoms with Crippen LogP contribution in [0.25, 0.3) is 0 Å². The molecule has 0 amide bonds. The molecule has 3 unspecified atom stereocenters. The van der Waals surface area contributed by atoms with Gasteiger partial charge in [-0.2, -0.15) is 0 Å². The van der Waals surface area contributed by atoms with Gasteiger partial charge in [-0.15, -0.1) is 0 Å². The summed E-state index contributed by atoms with van der Waals surface area (Å²) in [4.78, 5) is 22.3. The summed E-state index contributed by atoms with van der Waals surface area (Å²) in [7, 11) is -4.50. The highest BCUT2D eigenvalue weighted by Gasteiger charge is 2.26. The van der Waals surface area contributed by atoms with Crippen LogP contribution in [0, 0.1) is 0 Å². The van der Waals surface area contributed by atoms with Crippen molar-refractivity contribution in [3.8, 4) is 0 Å². The number of carbonyl (C=O) groups is 1. The Morgan fingerprint density at radius 2 is 1.13 bits per heavy atom. The van der Waals surface area contributed by atoms with Gasteiger partial charge in [-0.1, -0.05) is 129 Å². The minimum atomic E-state index is -4.50. The van der Waals surface area contributed by atoms with Crippen molar-refractivity contribution in [3.05, 3.63) is 12.2 Å². The van der Waals surface area contributed by atoms with Crippen LogP contribution < -0.4 is 0 Å². The summed E-state index contributed by atoms with van der Waals surface area (Å²) < 4.78 is 33.1. The number of rotatable bonds is 35. The zero-order valence-electron chi connectivity index (χ0n) is 28.8. The Morgan fingerprint density at radius 1 is 0.667 bits per heavy atom. The Bertz CT molecular complexity index is 719. The van der Waals surface area contributed by atoms with E-state index < -0.39 is 33.2 Å². The second-order valence-electron chi connectivity index (χ2n) is 12.2. The summed E-state index contributed by atoms with van der Waals surface area (Å²) >= 11 is 0. The number of carbonyl (C=O) groups excluding carboxylic acids is 1. The Balaban J connectivity index is 4.18. The molecule has 9 nitrogen and oxygen atoms in total. The molecule has 0 heterocycles. The molecule has 0 bridgehead atoms. The number of aliphatic hydroxyl groups is 2. The molecular formula is C35H69O9P. The molecular weight excluding hydrogens is 595 g/mol. The molecule has 268 valence electrons. The zero-order chi connectivity index (χ0) is 33.3. The average Bonchev–Trinajstić information content (AvgIpc) is 3.03. The number of unbranched alkanes of at least 4 members (excludes halogenated alkanes) is 19. The Morgan fingerprint density at radius 3 is 1.67 bits per heavy atom. The highest BCUT2D eigenvalue weighted by Crippen LogP contribution is 2.43. The van der Waals surface area contributed by atoms with Gasteiger partial charge >= 0.3 is 13.8 Å². The summed E-state index contributed by atoms with van der Waals surface area (Å²) in [5, 5.41) is 18.2. The molecule has 0 rings (SSSR count). The largest absolute Gasteiger partial charge is 0.472 e. The van der Waals surface area contributed by atoms with Crippen LogP contribution in [0.15, 0.2) is 12.2 Å². The lowest BCUT2D eigenvalue weighted by atomic mass is 10.1. The third-order valence-corrected chi connectivity index (χ3v) is 8.65. The van der Waals surface area contributed by atoms with Crippen molar-refractivity contribution < 1.29 is 43.0 Å². The summed E-state index contributed by atoms with van der Waals surface area (Å²) in [6, 6.07) is 0. The normalized spacial score (nSPS) is 14.5. The molecule has 0 spiro atoms. The van der Waals surface area contributed by atoms with Crippen molar-refractivity contribution in [2.24, 2.45) is 0 Å². The molecule has 0 aliphatic heterocycles. The van der Waals surface area contributed by atoms with Crippen molar-refractivity contribution in [1.82, 2.24) is 0 Å². The average molecular weight is 665 g/mol. The first-order valence-electron chi connectivity index (χ1n) is 18.2. The maximum atomic E-state index is 12.4. The fourth-order valence-electron chi connectivity index (χ4n) is 4.88. The van der Waals surface area contributed by atoms with Gasteiger partial charge in [0.2, 0.25) is 0 Å². The smallest absolute Gasteiger partial charge is 0.457 e. The van der Waals surface area contributed by atoms with Crippen LogP contribution in [0.5, 0.6) is 0 Å². The Kier molecular flexibility index (Phi) is 32.5. The summed E-state index contributed by atoms with van der Waals surface area (Å²) in [5.74, 6) is -0.389. The Labute approximate surface area is 275 Å². The first-order chi connectivity index (χ1) is 21.8. The van der Waals surface area contributed by atoms with E-state index in [-0.39, 0.29) is 25.6 Å². The van der Waals surface area contributed by atoms with Crippen LogP contribution in [-0.2, 0) is 27.9 Å². The van der Waals surface area contributed by atoms with Crippen molar-refractivity contribution in [2.75, 3.05) is 33.0 Å². The van der Waals surface area contributed by atoms with Crippen molar-refractivity contribution >= 4 is 13.8 Å². The maximum Gasteiger partial charge on any atom is 0.472 e. The summed E-state index contributed by atoms with van der Waals surface area (Å²) in [5.41, 5.74) is 0. The minimum Gasteiger partial charge on any atom is -0.457 e. The molecule has 0 aliphatic rings. The van der Waals surface area contributed by atoms with Crippen molar-refractivity contribution in [1.29, 1.82) is 0 Å². The first kappa shape index (κ1) is 44.2. The van der Waals surface area contributed by atoms with Crippen molar-refractivity contribution in [2.45, 2.75) is 174 Å². The zero-order valence-corrected chi connectivity index (χ0v) is 29.7. The van der Waals surface area contributed by atoms with Gasteiger partial charge in [-0.25, -0.2) is 4.57 Å². The van der Waals surface area contributed by atoms with Crippen LogP contribution in [0.1, 0.15) is 162 Å². The molecule has 3 N–H and O–H groups in total. The van der Waals surface area contributed by atoms with Crippen LogP contribution in [-0.4, -0.2) is 66.3 Å². The molecule has 10 heteroatoms. The highest BCUT2D eigenvalue weighted by molar-refractivity contribution is 7.47. The van der Waals surface area contributed by atoms with Gasteiger partial charge in [0.1, 0.15) is 12.2 Å². The van der Waals surface area contributed by atoms with E-state index in [4.69, 9.17) is 23.6 Å². The third kappa shape index (κ3) is 32.9. The topological polar surface area (TPSA) is 132 Å². The Hall–Kier alpha value is -0.800.